The minimum atomic E-state index is -0.918. The molecule has 1 heterocycles. The molecule has 0 radical (unpaired) electrons. The Kier molecular flexibility index (Phi) is 6.77. The van der Waals surface area contributed by atoms with Crippen molar-refractivity contribution in [2.24, 2.45) is 0 Å². The summed E-state index contributed by atoms with van der Waals surface area (Å²) in [5.41, 5.74) is 1.63. The summed E-state index contributed by atoms with van der Waals surface area (Å²) in [6.45, 7) is 3.03. The van der Waals surface area contributed by atoms with Crippen LogP contribution in [0.15, 0.2) is 71.3 Å². The summed E-state index contributed by atoms with van der Waals surface area (Å²) in [4.78, 5) is 16.5. The fraction of sp³-hybridized carbons (Fsp3) is 0.261. The molecule has 0 aliphatic rings. The maximum absolute atomic E-state index is 13.6. The average Bonchev–Trinajstić information content (AvgIpc) is 3.22. The van der Waals surface area contributed by atoms with E-state index >= 15 is 0 Å². The molecule has 0 bridgehead atoms. The van der Waals surface area contributed by atoms with Crippen LogP contribution in [0.4, 0.5) is 8.78 Å². The van der Waals surface area contributed by atoms with Gasteiger partial charge in [0.2, 0.25) is 5.91 Å². The molecule has 4 nitrogen and oxygen atoms in total. The number of carbonyl (C=O) groups excluding carboxylic acids is 1. The zero-order valence-corrected chi connectivity index (χ0v) is 16.5. The van der Waals surface area contributed by atoms with Crippen molar-refractivity contribution < 1.29 is 18.0 Å². The Morgan fingerprint density at radius 1 is 1.00 bits per heavy atom. The van der Waals surface area contributed by atoms with E-state index in [9.17, 15) is 13.6 Å². The highest BCUT2D eigenvalue weighted by atomic mass is 19.2. The standard InChI is InChI=1S/C23H24F2N2O2/c1-17(19-10-11-21(24)22(25)13-19)26(2)23(28)16-27(15-20-9-6-12-29-20)14-18-7-4-3-5-8-18/h3-13,17H,14-16H2,1-2H3. The second kappa shape index (κ2) is 9.47. The van der Waals surface area contributed by atoms with Gasteiger partial charge >= 0.3 is 0 Å². The SMILES string of the molecule is CC(c1ccc(F)c(F)c1)N(C)C(=O)CN(Cc1ccccc1)Cc1ccco1. The van der Waals surface area contributed by atoms with Crippen LogP contribution in [0.1, 0.15) is 29.9 Å². The van der Waals surface area contributed by atoms with E-state index in [-0.39, 0.29) is 18.5 Å². The van der Waals surface area contributed by atoms with Gasteiger partial charge in [0, 0.05) is 13.6 Å². The molecule has 29 heavy (non-hydrogen) atoms. The smallest absolute Gasteiger partial charge is 0.237 e. The van der Waals surface area contributed by atoms with E-state index in [2.05, 4.69) is 0 Å². The van der Waals surface area contributed by atoms with Crippen molar-refractivity contribution in [3.63, 3.8) is 0 Å². The van der Waals surface area contributed by atoms with Crippen molar-refractivity contribution in [1.82, 2.24) is 9.80 Å². The molecule has 0 fully saturated rings. The molecule has 0 spiro atoms. The molecule has 152 valence electrons. The summed E-state index contributed by atoms with van der Waals surface area (Å²) >= 11 is 0. The molecule has 1 unspecified atom stereocenters. The molecule has 3 rings (SSSR count). The highest BCUT2D eigenvalue weighted by molar-refractivity contribution is 5.78. The van der Waals surface area contributed by atoms with Gasteiger partial charge in [-0.1, -0.05) is 36.4 Å². The molecular formula is C23H24F2N2O2. The summed E-state index contributed by atoms with van der Waals surface area (Å²) in [6, 6.07) is 16.9. The van der Waals surface area contributed by atoms with E-state index < -0.39 is 11.6 Å². The summed E-state index contributed by atoms with van der Waals surface area (Å²) in [7, 11) is 1.67. The fourth-order valence-corrected chi connectivity index (χ4v) is 3.15. The van der Waals surface area contributed by atoms with Gasteiger partial charge in [-0.05, 0) is 42.3 Å². The van der Waals surface area contributed by atoms with Crippen LogP contribution in [-0.4, -0.2) is 29.3 Å². The van der Waals surface area contributed by atoms with Crippen molar-refractivity contribution in [2.75, 3.05) is 13.6 Å². The first-order valence-electron chi connectivity index (χ1n) is 9.43. The number of hydrogen-bond donors (Lipinski definition) is 0. The lowest BCUT2D eigenvalue weighted by atomic mass is 10.1. The number of benzene rings is 2. The molecule has 0 aliphatic heterocycles. The van der Waals surface area contributed by atoms with Crippen molar-refractivity contribution in [3.05, 3.63) is 95.4 Å². The van der Waals surface area contributed by atoms with E-state index in [1.54, 1.807) is 25.1 Å². The minimum absolute atomic E-state index is 0.121. The van der Waals surface area contributed by atoms with Crippen LogP contribution in [-0.2, 0) is 17.9 Å². The van der Waals surface area contributed by atoms with Gasteiger partial charge in [-0.3, -0.25) is 9.69 Å². The largest absolute Gasteiger partial charge is 0.468 e. The third kappa shape index (κ3) is 5.51. The van der Waals surface area contributed by atoms with Gasteiger partial charge in [-0.2, -0.15) is 0 Å². The summed E-state index contributed by atoms with van der Waals surface area (Å²) in [5, 5.41) is 0. The van der Waals surface area contributed by atoms with Gasteiger partial charge in [0.1, 0.15) is 5.76 Å². The lowest BCUT2D eigenvalue weighted by Gasteiger charge is -2.29. The molecule has 1 aromatic heterocycles. The first-order chi connectivity index (χ1) is 13.9. The molecule has 6 heteroatoms. The summed E-state index contributed by atoms with van der Waals surface area (Å²) in [6.07, 6.45) is 1.61. The zero-order chi connectivity index (χ0) is 20.8. The van der Waals surface area contributed by atoms with Crippen LogP contribution in [0, 0.1) is 11.6 Å². The Hall–Kier alpha value is -2.99. The number of nitrogens with zero attached hydrogens (tertiary/aromatic N) is 2. The maximum atomic E-state index is 13.6. The monoisotopic (exact) mass is 398 g/mol. The van der Waals surface area contributed by atoms with Gasteiger partial charge in [0.05, 0.1) is 25.4 Å². The predicted octanol–water partition coefficient (Wildman–Crippen LogP) is 4.78. The Labute approximate surface area is 169 Å². The molecule has 0 N–H and O–H groups in total. The van der Waals surface area contributed by atoms with Gasteiger partial charge in [0.25, 0.3) is 0 Å². The van der Waals surface area contributed by atoms with Gasteiger partial charge in [-0.25, -0.2) is 8.78 Å². The molecule has 0 aliphatic carbocycles. The van der Waals surface area contributed by atoms with Gasteiger partial charge < -0.3 is 9.32 Å². The van der Waals surface area contributed by atoms with Crippen molar-refractivity contribution in [2.45, 2.75) is 26.1 Å². The van der Waals surface area contributed by atoms with Crippen molar-refractivity contribution in [3.8, 4) is 0 Å². The topological polar surface area (TPSA) is 36.7 Å². The van der Waals surface area contributed by atoms with Crippen LogP contribution < -0.4 is 0 Å². The van der Waals surface area contributed by atoms with E-state index in [0.717, 1.165) is 23.5 Å². The van der Waals surface area contributed by atoms with Crippen molar-refractivity contribution in [1.29, 1.82) is 0 Å². The molecular weight excluding hydrogens is 374 g/mol. The Balaban J connectivity index is 1.71. The molecule has 0 saturated heterocycles. The first kappa shape index (κ1) is 20.7. The zero-order valence-electron chi connectivity index (χ0n) is 16.5. The average molecular weight is 398 g/mol. The van der Waals surface area contributed by atoms with E-state index in [1.807, 2.05) is 47.4 Å². The second-order valence-corrected chi connectivity index (χ2v) is 7.06. The highest BCUT2D eigenvalue weighted by Crippen LogP contribution is 2.21. The lowest BCUT2D eigenvalue weighted by molar-refractivity contribution is -0.133. The number of halogens is 2. The van der Waals surface area contributed by atoms with E-state index in [1.165, 1.54) is 6.07 Å². The van der Waals surface area contributed by atoms with Crippen LogP contribution in [0.2, 0.25) is 0 Å². The minimum Gasteiger partial charge on any atom is -0.468 e. The Morgan fingerprint density at radius 3 is 2.41 bits per heavy atom. The number of furan rings is 1. The third-order valence-corrected chi connectivity index (χ3v) is 4.97. The number of carbonyl (C=O) groups is 1. The number of likely N-dealkylation sites (N-methyl/N-ethyl adjacent to an activating group) is 1. The first-order valence-corrected chi connectivity index (χ1v) is 9.43. The predicted molar refractivity (Wildman–Crippen MR) is 107 cm³/mol. The van der Waals surface area contributed by atoms with Gasteiger partial charge in [-0.15, -0.1) is 0 Å². The molecule has 3 aromatic rings. The second-order valence-electron chi connectivity index (χ2n) is 7.06. The fourth-order valence-electron chi connectivity index (χ4n) is 3.15. The number of hydrogen-bond acceptors (Lipinski definition) is 3. The Bertz CT molecular complexity index is 929. The molecule has 1 atom stereocenters. The third-order valence-electron chi connectivity index (χ3n) is 4.97. The number of rotatable bonds is 8. The number of amides is 1. The molecule has 0 saturated carbocycles. The van der Waals surface area contributed by atoms with Gasteiger partial charge in [0.15, 0.2) is 11.6 Å². The summed E-state index contributed by atoms with van der Waals surface area (Å²) < 4.78 is 32.2. The van der Waals surface area contributed by atoms with Crippen molar-refractivity contribution >= 4 is 5.91 Å². The van der Waals surface area contributed by atoms with Crippen LogP contribution in [0.25, 0.3) is 0 Å². The summed E-state index contributed by atoms with van der Waals surface area (Å²) in [5.74, 6) is -1.17. The van der Waals surface area contributed by atoms with Crippen LogP contribution in [0.5, 0.6) is 0 Å². The highest BCUT2D eigenvalue weighted by Gasteiger charge is 2.21. The quantitative estimate of drug-likeness (QED) is 0.548. The van der Waals surface area contributed by atoms with Crippen LogP contribution >= 0.6 is 0 Å². The normalized spacial score (nSPS) is 12.2. The van der Waals surface area contributed by atoms with E-state index in [0.29, 0.717) is 18.7 Å². The molecule has 2 aromatic carbocycles. The maximum Gasteiger partial charge on any atom is 0.237 e. The van der Waals surface area contributed by atoms with Crippen LogP contribution in [0.3, 0.4) is 0 Å². The molecule has 1 amide bonds. The van der Waals surface area contributed by atoms with E-state index in [4.69, 9.17) is 4.42 Å². The Morgan fingerprint density at radius 2 is 1.76 bits per heavy atom. The lowest BCUT2D eigenvalue weighted by Crippen LogP contribution is -2.39.